The molecule has 2 heterocycles. The summed E-state index contributed by atoms with van der Waals surface area (Å²) in [7, 11) is 1.99. The number of carbonyl (C=O) groups excluding carboxylic acids is 8. The fourth-order valence-corrected chi connectivity index (χ4v) is 12.9. The first-order chi connectivity index (χ1) is 48.6. The quantitative estimate of drug-likeness (QED) is 0.0316. The molecule has 0 spiro atoms. The van der Waals surface area contributed by atoms with Gasteiger partial charge in [0.1, 0.15) is 77.3 Å². The fourth-order valence-electron chi connectivity index (χ4n) is 12.9. The number of unbranched alkanes of at least 4 members (excludes halogenated alkanes) is 20. The van der Waals surface area contributed by atoms with Gasteiger partial charge in [0.15, 0.2) is 0 Å². The van der Waals surface area contributed by atoms with Crippen LogP contribution in [0.4, 0.5) is 19.2 Å². The Kier molecular flexibility index (Phi) is 56.7. The van der Waals surface area contributed by atoms with Crippen LogP contribution in [0.5, 0.6) is 0 Å². The molecule has 0 aromatic heterocycles. The highest BCUT2D eigenvalue weighted by Gasteiger charge is 2.30. The Bertz CT molecular complexity index is 1960. The van der Waals surface area contributed by atoms with Crippen molar-refractivity contribution in [3.8, 4) is 0 Å². The van der Waals surface area contributed by atoms with Crippen LogP contribution in [0.1, 0.15) is 298 Å². The van der Waals surface area contributed by atoms with Crippen LogP contribution in [0.3, 0.4) is 0 Å². The Morgan fingerprint density at radius 3 is 0.860 bits per heavy atom. The van der Waals surface area contributed by atoms with E-state index < -0.39 is 72.9 Å². The van der Waals surface area contributed by atoms with Gasteiger partial charge in [-0.1, -0.05) is 170 Å². The summed E-state index contributed by atoms with van der Waals surface area (Å²) in [6, 6.07) is 0. The van der Waals surface area contributed by atoms with Gasteiger partial charge in [-0.05, 0) is 148 Å². The third kappa shape index (κ3) is 50.2. The average Bonchev–Trinajstić information content (AvgIpc) is 0.979. The van der Waals surface area contributed by atoms with Gasteiger partial charge in [0.25, 0.3) is 0 Å². The van der Waals surface area contributed by atoms with Gasteiger partial charge < -0.3 is 71.5 Å². The highest BCUT2D eigenvalue weighted by Crippen LogP contribution is 2.29. The molecule has 0 aromatic carbocycles. The zero-order valence-electron chi connectivity index (χ0n) is 63.6. The van der Waals surface area contributed by atoms with Gasteiger partial charge >= 0.3 is 48.5 Å². The summed E-state index contributed by atoms with van der Waals surface area (Å²) in [5, 5.41) is 0. The van der Waals surface area contributed by atoms with Crippen LogP contribution in [-0.2, 0) is 76.0 Å². The Labute approximate surface area is 602 Å². The lowest BCUT2D eigenvalue weighted by Crippen LogP contribution is -2.34. The number of cyclic esters (lactones) is 12. The van der Waals surface area contributed by atoms with Gasteiger partial charge in [-0.3, -0.25) is 19.2 Å². The number of ether oxygens (including phenoxy) is 12. The predicted molar refractivity (Wildman–Crippen MR) is 385 cm³/mol. The van der Waals surface area contributed by atoms with Crippen molar-refractivity contribution >= 4 is 48.5 Å². The number of hydrogen-bond acceptors (Lipinski definition) is 23. The molecule has 0 amide bonds. The first-order valence-electron chi connectivity index (χ1n) is 39.7. The van der Waals surface area contributed by atoms with Crippen molar-refractivity contribution in [1.29, 1.82) is 0 Å². The SMILES string of the molecule is CCCCCCCCC1CCC(CC)C(CCCCCCCC)OC(=O)OCCOC(=O)CCN(CCCN(C)CCCN2CCC(=O)OCCOC(=O)OC(CCCCCCCC)CCC(CC)C(CCCCCCCC)OC(=O)OCCOC(=O)CC2)CCC(=O)OCCOC(=O)O1. The second kappa shape index (κ2) is 62.4. The van der Waals surface area contributed by atoms with Gasteiger partial charge in [0.05, 0.1) is 25.7 Å². The minimum atomic E-state index is -0.817. The fraction of sp³-hybridized carbons (Fsp3) is 0.896. The minimum absolute atomic E-state index is 0.00734. The summed E-state index contributed by atoms with van der Waals surface area (Å²) in [4.78, 5) is 111. The molecule has 6 atom stereocenters. The second-order valence-electron chi connectivity index (χ2n) is 27.5. The molecular weight excluding hydrogens is 1290 g/mol. The van der Waals surface area contributed by atoms with E-state index in [-0.39, 0.29) is 117 Å². The summed E-state index contributed by atoms with van der Waals surface area (Å²) < 4.78 is 67.7. The van der Waals surface area contributed by atoms with E-state index in [4.69, 9.17) is 56.8 Å². The number of nitrogens with zero attached hydrogens (tertiary/aromatic N) is 3. The minimum Gasteiger partial charge on any atom is -0.462 e. The monoisotopic (exact) mass is 1430 g/mol. The zero-order chi connectivity index (χ0) is 72.9. The Morgan fingerprint density at radius 2 is 0.570 bits per heavy atom. The average molecular weight is 1430 g/mol. The molecule has 23 heteroatoms. The van der Waals surface area contributed by atoms with Gasteiger partial charge in [-0.25, -0.2) is 19.2 Å². The van der Waals surface area contributed by atoms with E-state index in [2.05, 4.69) is 46.4 Å². The number of rotatable bonds is 38. The highest BCUT2D eigenvalue weighted by atomic mass is 16.8. The van der Waals surface area contributed by atoms with Crippen LogP contribution < -0.4 is 0 Å². The Hall–Kier alpha value is -5.16. The lowest BCUT2D eigenvalue weighted by Gasteiger charge is -2.28. The number of hydrogen-bond donors (Lipinski definition) is 0. The van der Waals surface area contributed by atoms with Crippen molar-refractivity contribution in [1.82, 2.24) is 14.7 Å². The molecule has 100 heavy (non-hydrogen) atoms. The first-order valence-corrected chi connectivity index (χ1v) is 39.7. The number of esters is 4. The van der Waals surface area contributed by atoms with Crippen molar-refractivity contribution in [3.63, 3.8) is 0 Å². The van der Waals surface area contributed by atoms with Crippen molar-refractivity contribution in [3.05, 3.63) is 0 Å². The first kappa shape index (κ1) is 90.9. The molecule has 582 valence electrons. The summed E-state index contributed by atoms with van der Waals surface area (Å²) >= 11 is 0. The normalized spacial score (nSPS) is 22.1. The molecule has 0 aliphatic carbocycles. The third-order valence-electron chi connectivity index (χ3n) is 19.1. The van der Waals surface area contributed by atoms with E-state index in [0.717, 1.165) is 141 Å². The molecule has 2 fully saturated rings. The van der Waals surface area contributed by atoms with Crippen molar-refractivity contribution in [2.45, 2.75) is 323 Å². The van der Waals surface area contributed by atoms with Crippen LogP contribution in [0.15, 0.2) is 0 Å². The lowest BCUT2D eigenvalue weighted by molar-refractivity contribution is -0.147. The van der Waals surface area contributed by atoms with Crippen LogP contribution in [0, 0.1) is 11.8 Å². The molecule has 2 aliphatic heterocycles. The van der Waals surface area contributed by atoms with E-state index in [1.165, 1.54) is 25.7 Å². The van der Waals surface area contributed by atoms with E-state index in [9.17, 15) is 38.4 Å². The van der Waals surface area contributed by atoms with Gasteiger partial charge in [-0.15, -0.1) is 0 Å². The molecule has 0 bridgehead atoms. The van der Waals surface area contributed by atoms with E-state index in [1.807, 2.05) is 16.8 Å². The Morgan fingerprint density at radius 1 is 0.310 bits per heavy atom. The van der Waals surface area contributed by atoms with Gasteiger partial charge in [-0.2, -0.15) is 0 Å². The molecule has 23 nitrogen and oxygen atoms in total. The molecule has 2 rings (SSSR count). The summed E-state index contributed by atoms with van der Waals surface area (Å²) in [6.45, 7) is 15.1. The molecule has 6 unspecified atom stereocenters. The summed E-state index contributed by atoms with van der Waals surface area (Å²) in [6.07, 6.45) is 29.3. The molecule has 2 aliphatic rings. The Balaban J connectivity index is 2.13. The molecule has 0 N–H and O–H groups in total. The third-order valence-corrected chi connectivity index (χ3v) is 19.1. The van der Waals surface area contributed by atoms with Crippen molar-refractivity contribution in [2.24, 2.45) is 11.8 Å². The smallest absolute Gasteiger partial charge is 0.462 e. The molecule has 0 radical (unpaired) electrons. The second-order valence-corrected chi connectivity index (χ2v) is 27.5. The van der Waals surface area contributed by atoms with Crippen molar-refractivity contribution in [2.75, 3.05) is 112 Å². The van der Waals surface area contributed by atoms with Crippen LogP contribution in [0.25, 0.3) is 0 Å². The maximum atomic E-state index is 13.2. The van der Waals surface area contributed by atoms with Crippen LogP contribution in [-0.4, -0.2) is 200 Å². The van der Waals surface area contributed by atoms with Crippen molar-refractivity contribution < 1.29 is 95.2 Å². The van der Waals surface area contributed by atoms with E-state index in [1.54, 1.807) is 0 Å². The summed E-state index contributed by atoms with van der Waals surface area (Å²) in [5.74, 6) is -1.96. The van der Waals surface area contributed by atoms with Gasteiger partial charge in [0.2, 0.25) is 0 Å². The summed E-state index contributed by atoms with van der Waals surface area (Å²) in [5.41, 5.74) is 0. The molecule has 0 aromatic rings. The molecule has 2 saturated heterocycles. The van der Waals surface area contributed by atoms with Crippen LogP contribution >= 0.6 is 0 Å². The maximum absolute atomic E-state index is 13.2. The lowest BCUT2D eigenvalue weighted by atomic mass is 9.88. The molecule has 0 saturated carbocycles. The van der Waals surface area contributed by atoms with E-state index >= 15 is 0 Å². The zero-order valence-corrected chi connectivity index (χ0v) is 63.6. The van der Waals surface area contributed by atoms with E-state index in [0.29, 0.717) is 90.4 Å². The largest absolute Gasteiger partial charge is 0.508 e. The van der Waals surface area contributed by atoms with Gasteiger partial charge in [0, 0.05) is 26.2 Å². The standard InChI is InChI=1S/C77H139N3O20/c1-8-14-18-22-26-30-36-66-42-40-64(12-5)68(38-32-28-24-20-16-10-3)99-76(87)95-62-58-91-72(83)46-54-79(52-44-70(81)89-56-60-93-74(85)97-66)50-34-48-78(7)49-35-51-80-53-45-71(82)90-57-61-94-75(86)98-67(37-31-27-23-19-15-9-2)43-41-65(13-6)69(39-33-29-25-21-17-11-4)100-77(88)96-63-59-92-73(84)47-55-80/h64-69H,8-63H2,1-7H3. The maximum Gasteiger partial charge on any atom is 0.508 e. The molecular formula is C77H139N3O20. The topological polar surface area (TPSA) is 257 Å². The predicted octanol–water partition coefficient (Wildman–Crippen LogP) is 16.8. The highest BCUT2D eigenvalue weighted by molar-refractivity contribution is 5.71. The van der Waals surface area contributed by atoms with Crippen LogP contribution in [0.2, 0.25) is 0 Å². The number of carbonyl (C=O) groups is 8.